The molecule has 1 N–H and O–H groups in total. The number of nitrogens with one attached hydrogen (secondary N) is 1. The molecule has 0 saturated carbocycles. The second-order valence-electron chi connectivity index (χ2n) is 4.63. The molecule has 0 saturated heterocycles. The van der Waals surface area contributed by atoms with E-state index in [1.54, 1.807) is 0 Å². The molecule has 0 fully saturated rings. The average Bonchev–Trinajstić information content (AvgIpc) is 2.48. The Labute approximate surface area is 116 Å². The summed E-state index contributed by atoms with van der Waals surface area (Å²) in [5.74, 6) is 0. The third-order valence-corrected chi connectivity index (χ3v) is 3.36. The third kappa shape index (κ3) is 2.08. The van der Waals surface area contributed by atoms with Crippen LogP contribution in [0.5, 0.6) is 0 Å². The maximum Gasteiger partial charge on any atom is 0.266 e. The van der Waals surface area contributed by atoms with E-state index in [9.17, 15) is 10.1 Å². The van der Waals surface area contributed by atoms with Gasteiger partial charge in [-0.2, -0.15) is 5.26 Å². The predicted octanol–water partition coefficient (Wildman–Crippen LogP) is 2.99. The second kappa shape index (κ2) is 5.02. The maximum absolute atomic E-state index is 12.0. The van der Waals surface area contributed by atoms with Crippen LogP contribution >= 0.6 is 0 Å². The normalized spacial score (nSPS) is 10.3. The Kier molecular flexibility index (Phi) is 3.06. The van der Waals surface area contributed by atoms with E-state index in [2.05, 4.69) is 4.98 Å². The highest BCUT2D eigenvalue weighted by Crippen LogP contribution is 2.21. The summed E-state index contributed by atoms with van der Waals surface area (Å²) in [5, 5.41) is 10.2. The number of nitrogens with zero attached hydrogens (tertiary/aromatic N) is 1. The number of para-hydroxylation sites is 1. The molecule has 0 aliphatic rings. The fraction of sp³-hybridized carbons (Fsp3) is 0.0588. The Balaban J connectivity index is 2.27. The Morgan fingerprint density at radius 2 is 1.70 bits per heavy atom. The number of aromatic amines is 1. The highest BCUT2D eigenvalue weighted by atomic mass is 16.1. The van der Waals surface area contributed by atoms with Crippen LogP contribution in [0.2, 0.25) is 0 Å². The number of fused-ring (bicyclic) bond motifs is 1. The Morgan fingerprint density at radius 3 is 2.45 bits per heavy atom. The van der Waals surface area contributed by atoms with Crippen molar-refractivity contribution in [2.24, 2.45) is 0 Å². The molecule has 0 unspecified atom stereocenters. The van der Waals surface area contributed by atoms with Crippen LogP contribution in [0.25, 0.3) is 10.9 Å². The number of rotatable bonds is 2. The van der Waals surface area contributed by atoms with Gasteiger partial charge in [0.25, 0.3) is 5.56 Å². The van der Waals surface area contributed by atoms with Crippen molar-refractivity contribution in [3.8, 4) is 6.07 Å². The van der Waals surface area contributed by atoms with Crippen LogP contribution in [0.4, 0.5) is 0 Å². The smallest absolute Gasteiger partial charge is 0.266 e. The molecule has 0 aliphatic heterocycles. The SMILES string of the molecule is N#Cc1c(Cc2ccccc2)c2ccccc2[nH]c1=O. The summed E-state index contributed by atoms with van der Waals surface area (Å²) in [4.78, 5) is 14.8. The van der Waals surface area contributed by atoms with Crippen LogP contribution in [0.1, 0.15) is 16.7 Å². The van der Waals surface area contributed by atoms with Gasteiger partial charge in [-0.15, -0.1) is 0 Å². The summed E-state index contributed by atoms with van der Waals surface area (Å²) in [6.07, 6.45) is 0.578. The lowest BCUT2D eigenvalue weighted by Gasteiger charge is -2.08. The molecule has 3 nitrogen and oxygen atoms in total. The molecule has 0 aliphatic carbocycles. The lowest BCUT2D eigenvalue weighted by atomic mass is 9.97. The molecule has 96 valence electrons. The minimum absolute atomic E-state index is 0.201. The van der Waals surface area contributed by atoms with E-state index < -0.39 is 0 Å². The van der Waals surface area contributed by atoms with Gasteiger partial charge >= 0.3 is 0 Å². The van der Waals surface area contributed by atoms with Crippen LogP contribution < -0.4 is 5.56 Å². The number of aromatic nitrogens is 1. The van der Waals surface area contributed by atoms with E-state index >= 15 is 0 Å². The summed E-state index contributed by atoms with van der Waals surface area (Å²) in [6, 6.07) is 19.5. The lowest BCUT2D eigenvalue weighted by Crippen LogP contribution is -2.14. The van der Waals surface area contributed by atoms with E-state index in [-0.39, 0.29) is 11.1 Å². The monoisotopic (exact) mass is 260 g/mol. The van der Waals surface area contributed by atoms with Gasteiger partial charge in [-0.1, -0.05) is 48.5 Å². The molecule has 1 aromatic heterocycles. The molecule has 3 aromatic rings. The maximum atomic E-state index is 12.0. The minimum atomic E-state index is -0.322. The van der Waals surface area contributed by atoms with E-state index in [0.717, 1.165) is 22.0 Å². The number of hydrogen-bond donors (Lipinski definition) is 1. The third-order valence-electron chi connectivity index (χ3n) is 3.36. The minimum Gasteiger partial charge on any atom is -0.321 e. The van der Waals surface area contributed by atoms with Crippen LogP contribution in [-0.2, 0) is 6.42 Å². The van der Waals surface area contributed by atoms with E-state index in [4.69, 9.17) is 0 Å². The first-order valence-electron chi connectivity index (χ1n) is 6.37. The van der Waals surface area contributed by atoms with Gasteiger partial charge in [0.1, 0.15) is 11.6 Å². The largest absolute Gasteiger partial charge is 0.321 e. The van der Waals surface area contributed by atoms with Crippen molar-refractivity contribution in [2.75, 3.05) is 0 Å². The van der Waals surface area contributed by atoms with Gasteiger partial charge < -0.3 is 4.98 Å². The van der Waals surface area contributed by atoms with Crippen molar-refractivity contribution < 1.29 is 0 Å². The molecule has 0 spiro atoms. The van der Waals surface area contributed by atoms with Gasteiger partial charge in [0.2, 0.25) is 0 Å². The van der Waals surface area contributed by atoms with E-state index in [1.807, 2.05) is 60.7 Å². The molecule has 20 heavy (non-hydrogen) atoms. The Bertz CT molecular complexity index is 858. The molecule has 3 rings (SSSR count). The number of pyridine rings is 1. The fourth-order valence-corrected chi connectivity index (χ4v) is 2.41. The van der Waals surface area contributed by atoms with Crippen LogP contribution in [-0.4, -0.2) is 4.98 Å². The number of hydrogen-bond acceptors (Lipinski definition) is 2. The fourth-order valence-electron chi connectivity index (χ4n) is 2.41. The summed E-state index contributed by atoms with van der Waals surface area (Å²) in [5.41, 5.74) is 2.52. The van der Waals surface area contributed by atoms with Crippen LogP contribution in [0.15, 0.2) is 59.4 Å². The molecule has 0 amide bonds. The predicted molar refractivity (Wildman–Crippen MR) is 78.5 cm³/mol. The molecule has 1 heterocycles. The molecule has 2 aromatic carbocycles. The molecule has 0 bridgehead atoms. The number of H-pyrrole nitrogens is 1. The van der Waals surface area contributed by atoms with Crippen molar-refractivity contribution in [2.45, 2.75) is 6.42 Å². The summed E-state index contributed by atoms with van der Waals surface area (Å²) >= 11 is 0. The molecular formula is C17H12N2O. The molecule has 3 heteroatoms. The van der Waals surface area contributed by atoms with E-state index in [0.29, 0.717) is 6.42 Å². The highest BCUT2D eigenvalue weighted by Gasteiger charge is 2.12. The Hall–Kier alpha value is -2.86. The summed E-state index contributed by atoms with van der Waals surface area (Å²) in [7, 11) is 0. The zero-order chi connectivity index (χ0) is 13.9. The summed E-state index contributed by atoms with van der Waals surface area (Å²) in [6.45, 7) is 0. The van der Waals surface area contributed by atoms with Gasteiger partial charge in [-0.25, -0.2) is 0 Å². The Morgan fingerprint density at radius 1 is 1.00 bits per heavy atom. The van der Waals surface area contributed by atoms with Crippen molar-refractivity contribution >= 4 is 10.9 Å². The van der Waals surface area contributed by atoms with Crippen molar-refractivity contribution in [1.82, 2.24) is 4.98 Å². The number of benzene rings is 2. The van der Waals surface area contributed by atoms with Gasteiger partial charge in [0, 0.05) is 10.9 Å². The molecular weight excluding hydrogens is 248 g/mol. The molecule has 0 radical (unpaired) electrons. The highest BCUT2D eigenvalue weighted by molar-refractivity contribution is 5.84. The average molecular weight is 260 g/mol. The van der Waals surface area contributed by atoms with Gasteiger partial charge in [-0.3, -0.25) is 4.79 Å². The first-order chi connectivity index (χ1) is 9.79. The lowest BCUT2D eigenvalue weighted by molar-refractivity contribution is 1.15. The van der Waals surface area contributed by atoms with Crippen LogP contribution in [0.3, 0.4) is 0 Å². The van der Waals surface area contributed by atoms with Crippen LogP contribution in [0, 0.1) is 11.3 Å². The quantitative estimate of drug-likeness (QED) is 0.770. The zero-order valence-electron chi connectivity index (χ0n) is 10.8. The molecule has 0 atom stereocenters. The standard InChI is InChI=1S/C17H12N2O/c18-11-15-14(10-12-6-2-1-3-7-12)13-8-4-5-9-16(13)19-17(15)20/h1-9H,10H2,(H,19,20). The van der Waals surface area contributed by atoms with Gasteiger partial charge in [0.15, 0.2) is 0 Å². The first-order valence-corrected chi connectivity index (χ1v) is 6.37. The summed E-state index contributed by atoms with van der Waals surface area (Å²) < 4.78 is 0. The van der Waals surface area contributed by atoms with E-state index in [1.165, 1.54) is 0 Å². The first kappa shape index (κ1) is 12.2. The number of nitriles is 1. The second-order valence-corrected chi connectivity index (χ2v) is 4.63. The topological polar surface area (TPSA) is 56.6 Å². The van der Waals surface area contributed by atoms with Gasteiger partial charge in [-0.05, 0) is 23.6 Å². The van der Waals surface area contributed by atoms with Crippen molar-refractivity contribution in [3.05, 3.63) is 81.6 Å². The van der Waals surface area contributed by atoms with Crippen molar-refractivity contribution in [3.63, 3.8) is 0 Å². The van der Waals surface area contributed by atoms with Gasteiger partial charge in [0.05, 0.1) is 0 Å². The zero-order valence-corrected chi connectivity index (χ0v) is 10.8. The van der Waals surface area contributed by atoms with Crippen molar-refractivity contribution in [1.29, 1.82) is 5.26 Å².